The van der Waals surface area contributed by atoms with Gasteiger partial charge in [0.05, 0.1) is 19.3 Å². The zero-order valence-corrected chi connectivity index (χ0v) is 20.0. The van der Waals surface area contributed by atoms with Crippen molar-refractivity contribution in [2.45, 2.75) is 57.2 Å². The number of anilines is 1. The second-order valence-corrected chi connectivity index (χ2v) is 9.86. The van der Waals surface area contributed by atoms with Crippen molar-refractivity contribution in [1.82, 2.24) is 10.2 Å². The van der Waals surface area contributed by atoms with Crippen LogP contribution in [-0.4, -0.2) is 55.1 Å². The quantitative estimate of drug-likeness (QED) is 0.726. The summed E-state index contributed by atoms with van der Waals surface area (Å²) in [6.07, 6.45) is 5.17. The molecule has 180 valence electrons. The number of benzene rings is 2. The number of nitrogens with one attached hydrogen (secondary N) is 1. The average Bonchev–Trinajstić information content (AvgIpc) is 3.29. The second kappa shape index (κ2) is 10.2. The minimum absolute atomic E-state index is 0.0160. The van der Waals surface area contributed by atoms with Gasteiger partial charge in [-0.05, 0) is 61.9 Å². The smallest absolute Gasteiger partial charge is 0.254 e. The van der Waals surface area contributed by atoms with Gasteiger partial charge in [-0.15, -0.1) is 0 Å². The number of ether oxygens (including phenoxy) is 1. The Morgan fingerprint density at radius 3 is 2.41 bits per heavy atom. The highest BCUT2D eigenvalue weighted by atomic mass is 16.5. The summed E-state index contributed by atoms with van der Waals surface area (Å²) < 4.78 is 5.45. The van der Waals surface area contributed by atoms with Crippen LogP contribution in [-0.2, 0) is 9.53 Å². The number of carbonyl (C=O) groups excluding carboxylic acids is 2. The zero-order valence-electron chi connectivity index (χ0n) is 20.0. The highest BCUT2D eigenvalue weighted by Gasteiger charge is 2.47. The Morgan fingerprint density at radius 2 is 1.68 bits per heavy atom. The van der Waals surface area contributed by atoms with Crippen molar-refractivity contribution in [1.29, 1.82) is 0 Å². The molecule has 1 saturated carbocycles. The molecule has 4 unspecified atom stereocenters. The topological polar surface area (TPSA) is 61.9 Å². The number of nitrogens with zero attached hydrogens (tertiary/aromatic N) is 2. The van der Waals surface area contributed by atoms with E-state index in [0.29, 0.717) is 11.5 Å². The van der Waals surface area contributed by atoms with Gasteiger partial charge in [0.25, 0.3) is 5.91 Å². The van der Waals surface area contributed by atoms with Gasteiger partial charge in [0.2, 0.25) is 5.91 Å². The van der Waals surface area contributed by atoms with Gasteiger partial charge in [-0.25, -0.2) is 0 Å². The molecular formula is C28H35N3O3. The molecule has 2 saturated heterocycles. The zero-order chi connectivity index (χ0) is 23.5. The van der Waals surface area contributed by atoms with Crippen LogP contribution in [0.25, 0.3) is 0 Å². The number of likely N-dealkylation sites (tertiary alicyclic amines) is 1. The summed E-state index contributed by atoms with van der Waals surface area (Å²) in [6, 6.07) is 17.5. The van der Waals surface area contributed by atoms with Crippen molar-refractivity contribution >= 4 is 17.5 Å². The number of carbonyl (C=O) groups is 2. The lowest BCUT2D eigenvalue weighted by Crippen LogP contribution is -2.50. The Labute approximate surface area is 202 Å². The first-order valence-electron chi connectivity index (χ1n) is 12.7. The molecule has 1 aliphatic carbocycles. The number of hydrogen-bond donors (Lipinski definition) is 1. The van der Waals surface area contributed by atoms with Crippen LogP contribution in [0.5, 0.6) is 0 Å². The SMILES string of the molecule is CC(NC(=O)C1CC2CCCCC2N1C(=O)c1ccccc1)c1ccc(N2CCOCC2)cc1. The van der Waals surface area contributed by atoms with Crippen molar-refractivity contribution in [2.24, 2.45) is 5.92 Å². The first-order chi connectivity index (χ1) is 16.6. The summed E-state index contributed by atoms with van der Waals surface area (Å²) in [5, 5.41) is 3.22. The van der Waals surface area contributed by atoms with E-state index in [0.717, 1.165) is 57.6 Å². The maximum absolute atomic E-state index is 13.5. The van der Waals surface area contributed by atoms with Gasteiger partial charge in [-0.1, -0.05) is 43.2 Å². The lowest BCUT2D eigenvalue weighted by molar-refractivity contribution is -0.125. The number of hydrogen-bond acceptors (Lipinski definition) is 4. The molecule has 5 rings (SSSR count). The molecule has 2 amide bonds. The van der Waals surface area contributed by atoms with Crippen LogP contribution < -0.4 is 10.2 Å². The highest BCUT2D eigenvalue weighted by Crippen LogP contribution is 2.40. The molecule has 3 aliphatic rings. The number of morpholine rings is 1. The van der Waals surface area contributed by atoms with Gasteiger partial charge in [-0.3, -0.25) is 9.59 Å². The normalized spacial score (nSPS) is 25.5. The number of amides is 2. The predicted molar refractivity (Wildman–Crippen MR) is 133 cm³/mol. The van der Waals surface area contributed by atoms with Gasteiger partial charge in [0.15, 0.2) is 0 Å². The van der Waals surface area contributed by atoms with Crippen LogP contribution >= 0.6 is 0 Å². The summed E-state index contributed by atoms with van der Waals surface area (Å²) in [7, 11) is 0. The molecule has 0 spiro atoms. The Kier molecular flexibility index (Phi) is 6.86. The summed E-state index contributed by atoms with van der Waals surface area (Å²) >= 11 is 0. The molecule has 2 aromatic rings. The highest BCUT2D eigenvalue weighted by molar-refractivity contribution is 5.98. The number of rotatable bonds is 5. The molecular weight excluding hydrogens is 426 g/mol. The summed E-state index contributed by atoms with van der Waals surface area (Å²) in [4.78, 5) is 31.2. The lowest BCUT2D eigenvalue weighted by Gasteiger charge is -2.34. The van der Waals surface area contributed by atoms with E-state index in [2.05, 4.69) is 34.5 Å². The lowest BCUT2D eigenvalue weighted by atomic mass is 9.84. The van der Waals surface area contributed by atoms with E-state index in [4.69, 9.17) is 4.74 Å². The van der Waals surface area contributed by atoms with Crippen LogP contribution in [0.2, 0.25) is 0 Å². The fraction of sp³-hybridized carbons (Fsp3) is 0.500. The van der Waals surface area contributed by atoms with E-state index in [1.165, 1.54) is 12.1 Å². The third-order valence-corrected chi connectivity index (χ3v) is 7.77. The van der Waals surface area contributed by atoms with E-state index in [9.17, 15) is 9.59 Å². The minimum atomic E-state index is -0.407. The minimum Gasteiger partial charge on any atom is -0.378 e. The van der Waals surface area contributed by atoms with Crippen LogP contribution in [0, 0.1) is 5.92 Å². The van der Waals surface area contributed by atoms with E-state index in [1.807, 2.05) is 42.2 Å². The second-order valence-electron chi connectivity index (χ2n) is 9.86. The molecule has 2 heterocycles. The first kappa shape index (κ1) is 22.9. The van der Waals surface area contributed by atoms with Gasteiger partial charge in [0.1, 0.15) is 6.04 Å². The molecule has 0 radical (unpaired) electrons. The van der Waals surface area contributed by atoms with Gasteiger partial charge < -0.3 is 19.9 Å². The van der Waals surface area contributed by atoms with Crippen LogP contribution in [0.1, 0.15) is 61.0 Å². The van der Waals surface area contributed by atoms with Gasteiger partial charge >= 0.3 is 0 Å². The molecule has 4 atom stereocenters. The molecule has 1 N–H and O–H groups in total. The van der Waals surface area contributed by atoms with Crippen LogP contribution in [0.15, 0.2) is 54.6 Å². The molecule has 34 heavy (non-hydrogen) atoms. The molecule has 0 bridgehead atoms. The van der Waals surface area contributed by atoms with Crippen LogP contribution in [0.3, 0.4) is 0 Å². The van der Waals surface area contributed by atoms with Crippen molar-refractivity contribution in [3.05, 3.63) is 65.7 Å². The maximum atomic E-state index is 13.5. The molecule has 6 heteroatoms. The summed E-state index contributed by atoms with van der Waals surface area (Å²) in [5.74, 6) is 0.362. The standard InChI is InChI=1S/C28H35N3O3/c1-20(21-11-13-24(14-12-21)30-15-17-34-18-16-30)29-27(32)26-19-23-9-5-6-10-25(23)31(26)28(33)22-7-3-2-4-8-22/h2-4,7-8,11-14,20,23,25-26H,5-6,9-10,15-19H2,1H3,(H,29,32). The fourth-order valence-corrected chi connectivity index (χ4v) is 5.90. The maximum Gasteiger partial charge on any atom is 0.254 e. The Hall–Kier alpha value is -2.86. The third-order valence-electron chi connectivity index (χ3n) is 7.77. The van der Waals surface area contributed by atoms with Crippen LogP contribution in [0.4, 0.5) is 5.69 Å². The largest absolute Gasteiger partial charge is 0.378 e. The molecule has 6 nitrogen and oxygen atoms in total. The van der Waals surface area contributed by atoms with E-state index in [-0.39, 0.29) is 23.9 Å². The fourth-order valence-electron chi connectivity index (χ4n) is 5.90. The van der Waals surface area contributed by atoms with Gasteiger partial charge in [0, 0.05) is 30.4 Å². The molecule has 3 fully saturated rings. The van der Waals surface area contributed by atoms with E-state index < -0.39 is 6.04 Å². The molecule has 2 aromatic carbocycles. The average molecular weight is 462 g/mol. The van der Waals surface area contributed by atoms with Crippen molar-refractivity contribution in [3.8, 4) is 0 Å². The third kappa shape index (κ3) is 4.69. The predicted octanol–water partition coefficient (Wildman–Crippen LogP) is 4.17. The van der Waals surface area contributed by atoms with Gasteiger partial charge in [-0.2, -0.15) is 0 Å². The number of fused-ring (bicyclic) bond motifs is 1. The van der Waals surface area contributed by atoms with E-state index in [1.54, 1.807) is 0 Å². The molecule has 0 aromatic heterocycles. The summed E-state index contributed by atoms with van der Waals surface area (Å²) in [5.41, 5.74) is 2.92. The Balaban J connectivity index is 1.29. The molecule has 2 aliphatic heterocycles. The van der Waals surface area contributed by atoms with Crippen molar-refractivity contribution < 1.29 is 14.3 Å². The van der Waals surface area contributed by atoms with E-state index >= 15 is 0 Å². The first-order valence-corrected chi connectivity index (χ1v) is 12.7. The monoisotopic (exact) mass is 461 g/mol. The summed E-state index contributed by atoms with van der Waals surface area (Å²) in [6.45, 7) is 5.35. The van der Waals surface area contributed by atoms with Crippen molar-refractivity contribution in [2.75, 3.05) is 31.2 Å². The Morgan fingerprint density at radius 1 is 0.971 bits per heavy atom. The Bertz CT molecular complexity index is 988. The van der Waals surface area contributed by atoms with Crippen molar-refractivity contribution in [3.63, 3.8) is 0 Å².